The Bertz CT molecular complexity index is 1430. The monoisotopic (exact) mass is 536 g/mol. The van der Waals surface area contributed by atoms with E-state index in [0.29, 0.717) is 17.5 Å². The van der Waals surface area contributed by atoms with E-state index in [2.05, 4.69) is 15.6 Å². The smallest absolute Gasteiger partial charge is 0.329 e. The standard InChI is InChI=1S/C29H36N4O6/c1-5-18(4)24(26(35)30-22(28(37)38)15-17(2)3)32-25(34)23(16-19-11-7-6-8-12-19)33-27(36)20-13-9-10-14-21(20)31-29(33)39/h6-14,17-18,22-24H,5,15-16H2,1-4H3,(H,30,35)(H,31,39)(H,32,34)(H,37,38)/t18?,22-,23+,24-/m0/s1. The van der Waals surface area contributed by atoms with Crippen LogP contribution in [0.1, 0.15) is 52.1 Å². The number of hydrogen-bond acceptors (Lipinski definition) is 5. The van der Waals surface area contributed by atoms with Gasteiger partial charge in [-0.15, -0.1) is 0 Å². The molecule has 0 fully saturated rings. The van der Waals surface area contributed by atoms with Crippen molar-refractivity contribution in [2.45, 2.75) is 65.1 Å². The molecule has 0 bridgehead atoms. The van der Waals surface area contributed by atoms with Crippen molar-refractivity contribution >= 4 is 28.7 Å². The van der Waals surface area contributed by atoms with Crippen molar-refractivity contribution in [1.82, 2.24) is 20.2 Å². The molecule has 10 heteroatoms. The van der Waals surface area contributed by atoms with Crippen molar-refractivity contribution < 1.29 is 19.5 Å². The molecule has 3 rings (SSSR count). The Morgan fingerprint density at radius 1 is 0.923 bits per heavy atom. The summed E-state index contributed by atoms with van der Waals surface area (Å²) in [5, 5.41) is 15.1. The lowest BCUT2D eigenvalue weighted by atomic mass is 9.96. The molecule has 1 heterocycles. The number of aromatic amines is 1. The topological polar surface area (TPSA) is 150 Å². The van der Waals surface area contributed by atoms with Crippen LogP contribution in [0.15, 0.2) is 64.2 Å². The van der Waals surface area contributed by atoms with Crippen molar-refractivity contribution in [2.75, 3.05) is 0 Å². The summed E-state index contributed by atoms with van der Waals surface area (Å²) < 4.78 is 0.884. The number of para-hydroxylation sites is 1. The Morgan fingerprint density at radius 2 is 1.56 bits per heavy atom. The number of benzene rings is 2. The first-order chi connectivity index (χ1) is 18.5. The predicted octanol–water partition coefficient (Wildman–Crippen LogP) is 2.62. The number of aliphatic carboxylic acids is 1. The van der Waals surface area contributed by atoms with E-state index in [9.17, 15) is 29.1 Å². The number of carboxylic acid groups (broad SMARTS) is 1. The summed E-state index contributed by atoms with van der Waals surface area (Å²) >= 11 is 0. The minimum absolute atomic E-state index is 0.0183. The van der Waals surface area contributed by atoms with Crippen molar-refractivity contribution in [1.29, 1.82) is 0 Å². The molecule has 0 aliphatic rings. The van der Waals surface area contributed by atoms with Crippen LogP contribution in [0.25, 0.3) is 10.9 Å². The highest BCUT2D eigenvalue weighted by molar-refractivity contribution is 5.91. The molecular formula is C29H36N4O6. The maximum Gasteiger partial charge on any atom is 0.329 e. The van der Waals surface area contributed by atoms with Gasteiger partial charge in [0, 0.05) is 6.42 Å². The van der Waals surface area contributed by atoms with Gasteiger partial charge in [-0.05, 0) is 36.0 Å². The molecule has 0 aliphatic carbocycles. The number of aromatic nitrogens is 2. The Kier molecular flexibility index (Phi) is 9.81. The SMILES string of the molecule is CCC(C)[C@H](NC(=O)[C@@H](Cc1ccccc1)n1c(=O)[nH]c2ccccc2c1=O)C(=O)N[C@@H](CC(C)C)C(=O)O. The summed E-state index contributed by atoms with van der Waals surface area (Å²) in [6.45, 7) is 7.32. The molecule has 1 unspecified atom stereocenters. The van der Waals surface area contributed by atoms with Gasteiger partial charge >= 0.3 is 11.7 Å². The second-order valence-corrected chi connectivity index (χ2v) is 10.3. The number of hydrogen-bond donors (Lipinski definition) is 4. The van der Waals surface area contributed by atoms with Gasteiger partial charge in [-0.2, -0.15) is 0 Å². The summed E-state index contributed by atoms with van der Waals surface area (Å²) in [7, 11) is 0. The van der Waals surface area contributed by atoms with Crippen LogP contribution in [0, 0.1) is 11.8 Å². The zero-order valence-electron chi connectivity index (χ0n) is 22.6. The fourth-order valence-corrected chi connectivity index (χ4v) is 4.50. The molecule has 1 aromatic heterocycles. The normalized spacial score (nSPS) is 14.4. The molecule has 2 amide bonds. The molecule has 39 heavy (non-hydrogen) atoms. The van der Waals surface area contributed by atoms with Gasteiger partial charge in [0.25, 0.3) is 5.56 Å². The highest BCUT2D eigenvalue weighted by atomic mass is 16.4. The average molecular weight is 537 g/mol. The number of nitrogens with zero attached hydrogens (tertiary/aromatic N) is 1. The highest BCUT2D eigenvalue weighted by Crippen LogP contribution is 2.16. The summed E-state index contributed by atoms with van der Waals surface area (Å²) in [4.78, 5) is 68.0. The number of H-pyrrole nitrogens is 1. The number of nitrogens with one attached hydrogen (secondary N) is 3. The zero-order chi connectivity index (χ0) is 28.7. The van der Waals surface area contributed by atoms with Crippen molar-refractivity contribution in [3.8, 4) is 0 Å². The van der Waals surface area contributed by atoms with Crippen LogP contribution >= 0.6 is 0 Å². The van der Waals surface area contributed by atoms with E-state index in [0.717, 1.165) is 4.57 Å². The van der Waals surface area contributed by atoms with Crippen molar-refractivity contribution in [3.63, 3.8) is 0 Å². The third kappa shape index (κ3) is 7.22. The van der Waals surface area contributed by atoms with Gasteiger partial charge in [0.15, 0.2) is 0 Å². The van der Waals surface area contributed by atoms with Crippen LogP contribution in [-0.2, 0) is 20.8 Å². The quantitative estimate of drug-likeness (QED) is 0.279. The molecule has 208 valence electrons. The van der Waals surface area contributed by atoms with Gasteiger partial charge in [0.2, 0.25) is 11.8 Å². The summed E-state index contributed by atoms with van der Waals surface area (Å²) in [5.74, 6) is -2.83. The van der Waals surface area contributed by atoms with Crippen LogP contribution < -0.4 is 21.9 Å². The van der Waals surface area contributed by atoms with Crippen LogP contribution in [0.4, 0.5) is 0 Å². The molecule has 0 spiro atoms. The third-order valence-corrected chi connectivity index (χ3v) is 6.84. The third-order valence-electron chi connectivity index (χ3n) is 6.84. The van der Waals surface area contributed by atoms with Gasteiger partial charge in [-0.25, -0.2) is 14.2 Å². The molecule has 3 aromatic rings. The first-order valence-corrected chi connectivity index (χ1v) is 13.1. The minimum atomic E-state index is -1.27. The Morgan fingerprint density at radius 3 is 2.18 bits per heavy atom. The first kappa shape index (κ1) is 29.3. The van der Waals surface area contributed by atoms with Gasteiger partial charge < -0.3 is 20.7 Å². The van der Waals surface area contributed by atoms with Gasteiger partial charge in [-0.3, -0.25) is 14.4 Å². The van der Waals surface area contributed by atoms with Crippen molar-refractivity contribution in [3.05, 3.63) is 81.0 Å². The first-order valence-electron chi connectivity index (χ1n) is 13.1. The number of amides is 2. The summed E-state index contributed by atoms with van der Waals surface area (Å²) in [6.07, 6.45) is 0.759. The lowest BCUT2D eigenvalue weighted by Crippen LogP contribution is -2.56. The molecule has 2 aromatic carbocycles. The van der Waals surface area contributed by atoms with E-state index >= 15 is 0 Å². The Balaban J connectivity index is 2.02. The van der Waals surface area contributed by atoms with E-state index in [-0.39, 0.29) is 30.1 Å². The summed E-state index contributed by atoms with van der Waals surface area (Å²) in [5.41, 5.74) is -0.311. The van der Waals surface area contributed by atoms with Crippen LogP contribution in [0.5, 0.6) is 0 Å². The van der Waals surface area contributed by atoms with E-state index < -0.39 is 47.2 Å². The number of rotatable bonds is 12. The largest absolute Gasteiger partial charge is 0.480 e. The van der Waals surface area contributed by atoms with E-state index in [1.807, 2.05) is 26.8 Å². The average Bonchev–Trinajstić information content (AvgIpc) is 2.90. The van der Waals surface area contributed by atoms with Crippen LogP contribution in [0.3, 0.4) is 0 Å². The second kappa shape index (κ2) is 13.0. The maximum atomic E-state index is 13.8. The number of carboxylic acids is 1. The van der Waals surface area contributed by atoms with Crippen LogP contribution in [-0.4, -0.2) is 44.5 Å². The highest BCUT2D eigenvalue weighted by Gasteiger charge is 2.33. The van der Waals surface area contributed by atoms with Gasteiger partial charge in [0.1, 0.15) is 18.1 Å². The Labute approximate surface area is 226 Å². The molecule has 4 atom stereocenters. The molecule has 0 aliphatic heterocycles. The molecule has 0 saturated carbocycles. The lowest BCUT2D eigenvalue weighted by molar-refractivity contribution is -0.143. The maximum absolute atomic E-state index is 13.8. The zero-order valence-corrected chi connectivity index (χ0v) is 22.6. The van der Waals surface area contributed by atoms with Gasteiger partial charge in [-0.1, -0.05) is 76.6 Å². The molecule has 0 saturated heterocycles. The fraction of sp³-hybridized carbons (Fsp3) is 0.414. The molecule has 0 radical (unpaired) electrons. The molecule has 10 nitrogen and oxygen atoms in total. The van der Waals surface area contributed by atoms with Crippen LogP contribution in [0.2, 0.25) is 0 Å². The lowest BCUT2D eigenvalue weighted by Gasteiger charge is -2.28. The van der Waals surface area contributed by atoms with E-state index in [4.69, 9.17) is 0 Å². The summed E-state index contributed by atoms with van der Waals surface area (Å²) in [6, 6.07) is 12.0. The second-order valence-electron chi connectivity index (χ2n) is 10.3. The number of fused-ring (bicyclic) bond motifs is 1. The minimum Gasteiger partial charge on any atom is -0.480 e. The molecule has 4 N–H and O–H groups in total. The van der Waals surface area contributed by atoms with E-state index in [1.165, 1.54) is 0 Å². The van der Waals surface area contributed by atoms with E-state index in [1.54, 1.807) is 55.5 Å². The fourth-order valence-electron chi connectivity index (χ4n) is 4.50. The Hall–Kier alpha value is -4.21. The van der Waals surface area contributed by atoms with Gasteiger partial charge in [0.05, 0.1) is 10.9 Å². The predicted molar refractivity (Wildman–Crippen MR) is 148 cm³/mol. The number of carbonyl (C=O) groups is 3. The number of carbonyl (C=O) groups excluding carboxylic acids is 2. The molecular weight excluding hydrogens is 500 g/mol. The van der Waals surface area contributed by atoms with Crippen molar-refractivity contribution in [2.24, 2.45) is 11.8 Å².